The maximum Gasteiger partial charge on any atom is 0.0195 e. The fraction of sp³-hybridized carbons (Fsp3) is 1.00. The van der Waals surface area contributed by atoms with Crippen LogP contribution >= 0.6 is 15.9 Å². The first-order valence-electron chi connectivity index (χ1n) is 6.00. The SMILES string of the molecule is CCCC(C)CN1CCC(Br)C(C)C1. The van der Waals surface area contributed by atoms with Crippen LogP contribution in [-0.2, 0) is 0 Å². The quantitative estimate of drug-likeness (QED) is 0.700. The lowest BCUT2D eigenvalue weighted by Crippen LogP contribution is -2.41. The molecular formula is C12H24BrN. The highest BCUT2D eigenvalue weighted by Gasteiger charge is 2.24. The van der Waals surface area contributed by atoms with Gasteiger partial charge in [-0.2, -0.15) is 0 Å². The Labute approximate surface area is 97.4 Å². The molecule has 1 nitrogen and oxygen atoms in total. The van der Waals surface area contributed by atoms with Crippen LogP contribution < -0.4 is 0 Å². The van der Waals surface area contributed by atoms with Gasteiger partial charge in [-0.05, 0) is 31.2 Å². The van der Waals surface area contributed by atoms with Crippen LogP contribution in [0.25, 0.3) is 0 Å². The Hall–Kier alpha value is 0.440. The van der Waals surface area contributed by atoms with Crippen molar-refractivity contribution in [2.75, 3.05) is 19.6 Å². The number of likely N-dealkylation sites (tertiary alicyclic amines) is 1. The van der Waals surface area contributed by atoms with E-state index in [4.69, 9.17) is 0 Å². The molecule has 14 heavy (non-hydrogen) atoms. The fourth-order valence-electron chi connectivity index (χ4n) is 2.39. The Kier molecular flexibility index (Phi) is 5.47. The minimum absolute atomic E-state index is 0.750. The van der Waals surface area contributed by atoms with Crippen molar-refractivity contribution in [2.24, 2.45) is 11.8 Å². The Bertz CT molecular complexity index is 160. The van der Waals surface area contributed by atoms with E-state index in [0.29, 0.717) is 0 Å². The van der Waals surface area contributed by atoms with Crippen LogP contribution in [0.1, 0.15) is 40.0 Å². The average molecular weight is 262 g/mol. The van der Waals surface area contributed by atoms with Crippen LogP contribution in [0.2, 0.25) is 0 Å². The predicted octanol–water partition coefficient (Wildman–Crippen LogP) is 3.53. The van der Waals surface area contributed by atoms with E-state index >= 15 is 0 Å². The summed E-state index contributed by atoms with van der Waals surface area (Å²) in [5.41, 5.74) is 0. The number of halogens is 1. The molecule has 3 unspecified atom stereocenters. The van der Waals surface area contributed by atoms with Crippen molar-refractivity contribution in [3.63, 3.8) is 0 Å². The summed E-state index contributed by atoms with van der Waals surface area (Å²) < 4.78 is 0. The standard InChI is InChI=1S/C12H24BrN/c1-4-5-10(2)8-14-7-6-12(13)11(3)9-14/h10-12H,4-9H2,1-3H3. The molecule has 0 aromatic heterocycles. The van der Waals surface area contributed by atoms with Gasteiger partial charge in [-0.15, -0.1) is 0 Å². The lowest BCUT2D eigenvalue weighted by Gasteiger charge is -2.35. The second kappa shape index (κ2) is 6.12. The summed E-state index contributed by atoms with van der Waals surface area (Å²) in [5, 5.41) is 0. The van der Waals surface area contributed by atoms with Gasteiger partial charge in [-0.1, -0.05) is 43.1 Å². The maximum absolute atomic E-state index is 3.75. The third-order valence-electron chi connectivity index (χ3n) is 3.24. The van der Waals surface area contributed by atoms with Gasteiger partial charge in [0.05, 0.1) is 0 Å². The van der Waals surface area contributed by atoms with E-state index in [-0.39, 0.29) is 0 Å². The molecule has 0 radical (unpaired) electrons. The van der Waals surface area contributed by atoms with Crippen molar-refractivity contribution >= 4 is 15.9 Å². The molecule has 0 aromatic carbocycles. The van der Waals surface area contributed by atoms with E-state index < -0.39 is 0 Å². The number of piperidine rings is 1. The minimum Gasteiger partial charge on any atom is -0.303 e. The Morgan fingerprint density at radius 2 is 2.21 bits per heavy atom. The van der Waals surface area contributed by atoms with Crippen molar-refractivity contribution < 1.29 is 0 Å². The van der Waals surface area contributed by atoms with Gasteiger partial charge in [0, 0.05) is 17.9 Å². The number of hydrogen-bond acceptors (Lipinski definition) is 1. The van der Waals surface area contributed by atoms with Crippen LogP contribution in [0, 0.1) is 11.8 Å². The zero-order valence-electron chi connectivity index (χ0n) is 9.80. The molecule has 1 heterocycles. The molecule has 1 saturated heterocycles. The molecule has 3 atom stereocenters. The molecule has 1 fully saturated rings. The van der Waals surface area contributed by atoms with Crippen LogP contribution in [0.5, 0.6) is 0 Å². The highest BCUT2D eigenvalue weighted by atomic mass is 79.9. The zero-order chi connectivity index (χ0) is 10.6. The first-order valence-corrected chi connectivity index (χ1v) is 6.91. The summed E-state index contributed by atoms with van der Waals surface area (Å²) in [6, 6.07) is 0. The minimum atomic E-state index is 0.750. The van der Waals surface area contributed by atoms with E-state index in [2.05, 4.69) is 41.6 Å². The molecule has 0 bridgehead atoms. The summed E-state index contributed by atoms with van der Waals surface area (Å²) >= 11 is 3.75. The molecule has 0 amide bonds. The molecule has 0 saturated carbocycles. The molecule has 1 aliphatic rings. The molecular weight excluding hydrogens is 238 g/mol. The molecule has 0 aromatic rings. The van der Waals surface area contributed by atoms with Gasteiger partial charge >= 0.3 is 0 Å². The van der Waals surface area contributed by atoms with E-state index in [1.54, 1.807) is 0 Å². The molecule has 84 valence electrons. The third-order valence-corrected chi connectivity index (χ3v) is 4.60. The molecule has 1 aliphatic heterocycles. The van der Waals surface area contributed by atoms with Gasteiger partial charge < -0.3 is 4.90 Å². The largest absolute Gasteiger partial charge is 0.303 e. The number of alkyl halides is 1. The van der Waals surface area contributed by atoms with E-state index in [9.17, 15) is 0 Å². The van der Waals surface area contributed by atoms with E-state index in [1.807, 2.05) is 0 Å². The molecule has 0 aliphatic carbocycles. The summed E-state index contributed by atoms with van der Waals surface area (Å²) in [6.45, 7) is 10.9. The lowest BCUT2D eigenvalue weighted by atomic mass is 9.98. The van der Waals surface area contributed by atoms with Crippen LogP contribution in [0.15, 0.2) is 0 Å². The van der Waals surface area contributed by atoms with Crippen molar-refractivity contribution in [1.29, 1.82) is 0 Å². The average Bonchev–Trinajstić information content (AvgIpc) is 2.12. The first kappa shape index (κ1) is 12.5. The molecule has 0 spiro atoms. The zero-order valence-corrected chi connectivity index (χ0v) is 11.4. The normalized spacial score (nSPS) is 31.7. The van der Waals surface area contributed by atoms with Crippen molar-refractivity contribution in [2.45, 2.75) is 44.9 Å². The lowest BCUT2D eigenvalue weighted by molar-refractivity contribution is 0.166. The van der Waals surface area contributed by atoms with Gasteiger partial charge in [0.2, 0.25) is 0 Å². The number of nitrogens with zero attached hydrogens (tertiary/aromatic N) is 1. The number of hydrogen-bond donors (Lipinski definition) is 0. The highest BCUT2D eigenvalue weighted by molar-refractivity contribution is 9.09. The Morgan fingerprint density at radius 3 is 2.79 bits per heavy atom. The molecule has 2 heteroatoms. The van der Waals surface area contributed by atoms with E-state index in [1.165, 1.54) is 38.9 Å². The van der Waals surface area contributed by atoms with Crippen molar-refractivity contribution in [3.05, 3.63) is 0 Å². The van der Waals surface area contributed by atoms with Gasteiger partial charge in [-0.3, -0.25) is 0 Å². The second-order valence-electron chi connectivity index (χ2n) is 4.94. The van der Waals surface area contributed by atoms with Gasteiger partial charge in [0.15, 0.2) is 0 Å². The Balaban J connectivity index is 2.25. The second-order valence-corrected chi connectivity index (χ2v) is 6.11. The Morgan fingerprint density at radius 1 is 1.50 bits per heavy atom. The van der Waals surface area contributed by atoms with Crippen molar-refractivity contribution in [3.8, 4) is 0 Å². The summed E-state index contributed by atoms with van der Waals surface area (Å²) in [5.74, 6) is 1.69. The molecule has 1 rings (SSSR count). The summed E-state index contributed by atoms with van der Waals surface area (Å²) in [7, 11) is 0. The summed E-state index contributed by atoms with van der Waals surface area (Å²) in [4.78, 5) is 3.39. The smallest absolute Gasteiger partial charge is 0.0195 e. The summed E-state index contributed by atoms with van der Waals surface area (Å²) in [6.07, 6.45) is 4.02. The van der Waals surface area contributed by atoms with Crippen LogP contribution in [0.4, 0.5) is 0 Å². The van der Waals surface area contributed by atoms with Crippen LogP contribution in [-0.4, -0.2) is 29.4 Å². The van der Waals surface area contributed by atoms with E-state index in [0.717, 1.165) is 16.7 Å². The highest BCUT2D eigenvalue weighted by Crippen LogP contribution is 2.24. The topological polar surface area (TPSA) is 3.24 Å². The van der Waals surface area contributed by atoms with Gasteiger partial charge in [0.25, 0.3) is 0 Å². The monoisotopic (exact) mass is 261 g/mol. The van der Waals surface area contributed by atoms with Crippen molar-refractivity contribution in [1.82, 2.24) is 4.90 Å². The van der Waals surface area contributed by atoms with Crippen LogP contribution in [0.3, 0.4) is 0 Å². The fourth-order valence-corrected chi connectivity index (χ4v) is 2.77. The van der Waals surface area contributed by atoms with Gasteiger partial charge in [-0.25, -0.2) is 0 Å². The predicted molar refractivity (Wildman–Crippen MR) is 67.0 cm³/mol. The molecule has 0 N–H and O–H groups in total. The first-order chi connectivity index (χ1) is 6.63. The van der Waals surface area contributed by atoms with Gasteiger partial charge in [0.1, 0.15) is 0 Å². The maximum atomic E-state index is 3.75. The number of rotatable bonds is 4. The third kappa shape index (κ3) is 3.90.